The molecule has 3 aromatic rings. The summed E-state index contributed by atoms with van der Waals surface area (Å²) in [6.45, 7) is 4.00. The Morgan fingerprint density at radius 2 is 1.75 bits per heavy atom. The molecule has 2 N–H and O–H groups in total. The number of hydrogen-bond donors (Lipinski definition) is 2. The van der Waals surface area contributed by atoms with Gasteiger partial charge < -0.3 is 19.8 Å². The molecule has 0 bridgehead atoms. The number of ether oxygens (including phenoxy) is 2. The summed E-state index contributed by atoms with van der Waals surface area (Å²) in [6.07, 6.45) is 1.70. The summed E-state index contributed by atoms with van der Waals surface area (Å²) in [5.41, 5.74) is 4.38. The normalized spacial score (nSPS) is 10.7. The van der Waals surface area contributed by atoms with E-state index in [-0.39, 0.29) is 5.91 Å². The highest BCUT2D eigenvalue weighted by atomic mass is 16.5. The van der Waals surface area contributed by atoms with Crippen molar-refractivity contribution >= 4 is 22.5 Å². The molecule has 3 rings (SSSR count). The predicted molar refractivity (Wildman–Crippen MR) is 95.3 cm³/mol. The Kier molecular flexibility index (Phi) is 4.16. The van der Waals surface area contributed by atoms with Gasteiger partial charge in [-0.1, -0.05) is 17.7 Å². The van der Waals surface area contributed by atoms with Crippen LogP contribution in [-0.4, -0.2) is 25.1 Å². The predicted octanol–water partition coefficient (Wildman–Crippen LogP) is 4.05. The van der Waals surface area contributed by atoms with E-state index in [4.69, 9.17) is 9.47 Å². The molecule has 0 fully saturated rings. The van der Waals surface area contributed by atoms with Crippen LogP contribution in [-0.2, 0) is 0 Å². The number of amides is 1. The average molecular weight is 324 g/mol. The molecular weight excluding hydrogens is 304 g/mol. The number of H-pyrrole nitrogens is 1. The highest BCUT2D eigenvalue weighted by Crippen LogP contribution is 2.33. The Morgan fingerprint density at radius 3 is 2.42 bits per heavy atom. The van der Waals surface area contributed by atoms with Gasteiger partial charge in [0.25, 0.3) is 5.91 Å². The van der Waals surface area contributed by atoms with E-state index >= 15 is 0 Å². The Hall–Kier alpha value is -2.95. The third-order valence-electron chi connectivity index (χ3n) is 4.06. The third-order valence-corrected chi connectivity index (χ3v) is 4.06. The minimum absolute atomic E-state index is 0.166. The average Bonchev–Trinajstić information content (AvgIpc) is 2.98. The van der Waals surface area contributed by atoms with E-state index in [9.17, 15) is 4.79 Å². The molecule has 0 unspecified atom stereocenters. The number of fused-ring (bicyclic) bond motifs is 1. The topological polar surface area (TPSA) is 63.4 Å². The van der Waals surface area contributed by atoms with Crippen molar-refractivity contribution in [2.75, 3.05) is 19.5 Å². The number of nitrogens with one attached hydrogen (secondary N) is 2. The molecule has 0 aliphatic carbocycles. The van der Waals surface area contributed by atoms with Crippen molar-refractivity contribution in [2.45, 2.75) is 13.8 Å². The summed E-state index contributed by atoms with van der Waals surface area (Å²) >= 11 is 0. The van der Waals surface area contributed by atoms with Crippen LogP contribution in [0, 0.1) is 13.8 Å². The van der Waals surface area contributed by atoms with Gasteiger partial charge in [0.1, 0.15) is 0 Å². The van der Waals surface area contributed by atoms with Gasteiger partial charge in [0.05, 0.1) is 25.3 Å². The maximum Gasteiger partial charge on any atom is 0.257 e. The third kappa shape index (κ3) is 2.80. The second-order valence-corrected chi connectivity index (χ2v) is 5.73. The van der Waals surface area contributed by atoms with Gasteiger partial charge in [-0.05, 0) is 31.5 Å². The zero-order valence-corrected chi connectivity index (χ0v) is 14.2. The fourth-order valence-electron chi connectivity index (χ4n) is 2.78. The molecule has 124 valence electrons. The van der Waals surface area contributed by atoms with Crippen molar-refractivity contribution in [2.24, 2.45) is 0 Å². The van der Waals surface area contributed by atoms with Gasteiger partial charge in [-0.3, -0.25) is 4.79 Å². The fourth-order valence-corrected chi connectivity index (χ4v) is 2.78. The summed E-state index contributed by atoms with van der Waals surface area (Å²) in [7, 11) is 3.16. The lowest BCUT2D eigenvalue weighted by Gasteiger charge is -2.10. The van der Waals surface area contributed by atoms with Crippen molar-refractivity contribution in [1.29, 1.82) is 0 Å². The van der Waals surface area contributed by atoms with Crippen LogP contribution in [0.2, 0.25) is 0 Å². The molecule has 0 atom stereocenters. The number of benzene rings is 2. The van der Waals surface area contributed by atoms with Crippen molar-refractivity contribution in [1.82, 2.24) is 4.98 Å². The van der Waals surface area contributed by atoms with Crippen LogP contribution in [0.3, 0.4) is 0 Å². The summed E-state index contributed by atoms with van der Waals surface area (Å²) < 4.78 is 10.6. The van der Waals surface area contributed by atoms with E-state index in [2.05, 4.69) is 10.3 Å². The molecule has 0 saturated heterocycles. The molecule has 24 heavy (non-hydrogen) atoms. The minimum atomic E-state index is -0.166. The maximum absolute atomic E-state index is 12.7. The number of carbonyl (C=O) groups excluding carboxylic acids is 1. The Balaban J connectivity index is 1.98. The quantitative estimate of drug-likeness (QED) is 0.761. The van der Waals surface area contributed by atoms with E-state index in [1.807, 2.05) is 44.2 Å². The molecular formula is C19H20N2O3. The van der Waals surface area contributed by atoms with Gasteiger partial charge in [-0.15, -0.1) is 0 Å². The van der Waals surface area contributed by atoms with Gasteiger partial charge in [0.15, 0.2) is 11.5 Å². The number of hydrogen-bond acceptors (Lipinski definition) is 3. The molecule has 0 aliphatic rings. The molecule has 2 aromatic carbocycles. The number of anilines is 1. The SMILES string of the molecule is COc1cc2[nH]cc(C(=O)Nc3ccc(C)cc3C)c2cc1OC. The van der Waals surface area contributed by atoms with E-state index in [0.717, 1.165) is 27.7 Å². The van der Waals surface area contributed by atoms with Crippen LogP contribution in [0.15, 0.2) is 36.5 Å². The van der Waals surface area contributed by atoms with Crippen molar-refractivity contribution in [3.05, 3.63) is 53.2 Å². The summed E-state index contributed by atoms with van der Waals surface area (Å²) in [5, 5.41) is 3.75. The number of aromatic nitrogens is 1. The Bertz CT molecular complexity index is 912. The molecule has 1 aromatic heterocycles. The summed E-state index contributed by atoms with van der Waals surface area (Å²) in [5.74, 6) is 1.04. The van der Waals surface area contributed by atoms with Gasteiger partial charge in [-0.2, -0.15) is 0 Å². The van der Waals surface area contributed by atoms with Crippen LogP contribution in [0.5, 0.6) is 11.5 Å². The highest BCUT2D eigenvalue weighted by molar-refractivity contribution is 6.13. The van der Waals surface area contributed by atoms with Gasteiger partial charge in [0, 0.05) is 23.3 Å². The number of rotatable bonds is 4. The van der Waals surface area contributed by atoms with E-state index in [1.165, 1.54) is 0 Å². The first-order chi connectivity index (χ1) is 11.5. The molecule has 1 heterocycles. The number of aryl methyl sites for hydroxylation is 2. The molecule has 0 spiro atoms. The van der Waals surface area contributed by atoms with Crippen LogP contribution in [0.4, 0.5) is 5.69 Å². The lowest BCUT2D eigenvalue weighted by molar-refractivity contribution is 0.102. The van der Waals surface area contributed by atoms with Gasteiger partial charge >= 0.3 is 0 Å². The standard InChI is InChI=1S/C19H20N2O3/c1-11-5-6-15(12(2)7-11)21-19(22)14-10-20-16-9-18(24-4)17(23-3)8-13(14)16/h5-10,20H,1-4H3,(H,21,22). The van der Waals surface area contributed by atoms with Crippen molar-refractivity contribution < 1.29 is 14.3 Å². The second-order valence-electron chi connectivity index (χ2n) is 5.73. The number of methoxy groups -OCH3 is 2. The largest absolute Gasteiger partial charge is 0.493 e. The van der Waals surface area contributed by atoms with E-state index in [1.54, 1.807) is 20.4 Å². The first-order valence-corrected chi connectivity index (χ1v) is 7.65. The molecule has 0 aliphatic heterocycles. The maximum atomic E-state index is 12.7. The highest BCUT2D eigenvalue weighted by Gasteiger charge is 2.16. The Morgan fingerprint density at radius 1 is 1.04 bits per heavy atom. The molecule has 5 heteroatoms. The van der Waals surface area contributed by atoms with Crippen LogP contribution in [0.25, 0.3) is 10.9 Å². The fraction of sp³-hybridized carbons (Fsp3) is 0.211. The first-order valence-electron chi connectivity index (χ1n) is 7.65. The number of aromatic amines is 1. The van der Waals surface area contributed by atoms with Crippen LogP contribution in [0.1, 0.15) is 21.5 Å². The lowest BCUT2D eigenvalue weighted by Crippen LogP contribution is -2.12. The second kappa shape index (κ2) is 6.28. The molecule has 0 saturated carbocycles. The molecule has 5 nitrogen and oxygen atoms in total. The van der Waals surface area contributed by atoms with Gasteiger partial charge in [0.2, 0.25) is 0 Å². The minimum Gasteiger partial charge on any atom is -0.493 e. The smallest absolute Gasteiger partial charge is 0.257 e. The summed E-state index contributed by atoms with van der Waals surface area (Å²) in [6, 6.07) is 9.56. The van der Waals surface area contributed by atoms with E-state index in [0.29, 0.717) is 17.1 Å². The van der Waals surface area contributed by atoms with Gasteiger partial charge in [-0.25, -0.2) is 0 Å². The molecule has 0 radical (unpaired) electrons. The lowest BCUT2D eigenvalue weighted by atomic mass is 10.1. The molecule has 1 amide bonds. The van der Waals surface area contributed by atoms with Crippen LogP contribution < -0.4 is 14.8 Å². The van der Waals surface area contributed by atoms with Crippen molar-refractivity contribution in [3.8, 4) is 11.5 Å². The first kappa shape index (κ1) is 15.9. The van der Waals surface area contributed by atoms with Crippen LogP contribution >= 0.6 is 0 Å². The zero-order valence-electron chi connectivity index (χ0n) is 14.2. The Labute approximate surface area is 140 Å². The summed E-state index contributed by atoms with van der Waals surface area (Å²) in [4.78, 5) is 15.8. The monoisotopic (exact) mass is 324 g/mol. The number of carbonyl (C=O) groups is 1. The zero-order chi connectivity index (χ0) is 17.3. The van der Waals surface area contributed by atoms with E-state index < -0.39 is 0 Å². The van der Waals surface area contributed by atoms with Crippen molar-refractivity contribution in [3.63, 3.8) is 0 Å².